The summed E-state index contributed by atoms with van der Waals surface area (Å²) < 4.78 is 19.3. The molecule has 0 radical (unpaired) electrons. The van der Waals surface area contributed by atoms with Crippen molar-refractivity contribution in [3.05, 3.63) is 100 Å². The fourth-order valence-corrected chi connectivity index (χ4v) is 2.77. The van der Waals surface area contributed by atoms with Crippen LogP contribution in [0.2, 0.25) is 5.02 Å². The van der Waals surface area contributed by atoms with Crippen LogP contribution in [0.5, 0.6) is 5.75 Å². The highest BCUT2D eigenvalue weighted by atomic mass is 35.5. The van der Waals surface area contributed by atoms with E-state index in [9.17, 15) is 14.0 Å². The molecule has 0 aliphatic carbocycles. The van der Waals surface area contributed by atoms with Crippen LogP contribution in [0.4, 0.5) is 4.39 Å². The van der Waals surface area contributed by atoms with Crippen molar-refractivity contribution < 1.29 is 18.7 Å². The lowest BCUT2D eigenvalue weighted by molar-refractivity contribution is -0.139. The molecule has 0 saturated heterocycles. The third-order valence-corrected chi connectivity index (χ3v) is 4.56. The predicted octanol–water partition coefficient (Wildman–Crippen LogP) is 3.82. The van der Waals surface area contributed by atoms with Gasteiger partial charge in [-0.3, -0.25) is 9.59 Å². The van der Waals surface area contributed by atoms with Crippen molar-refractivity contribution in [2.24, 2.45) is 5.10 Å². The monoisotopic (exact) mass is 439 g/mol. The molecule has 0 spiro atoms. The lowest BCUT2D eigenvalue weighted by Gasteiger charge is -2.09. The number of rotatable bonds is 7. The zero-order valence-corrected chi connectivity index (χ0v) is 17.1. The zero-order valence-electron chi connectivity index (χ0n) is 16.3. The third kappa shape index (κ3) is 6.65. The SMILES string of the molecule is O=C(NCc1ccccc1)C(=O)NN=Cc1ccc(OCc2c(F)cccc2Cl)cc1. The first-order valence-corrected chi connectivity index (χ1v) is 9.71. The molecule has 2 amide bonds. The van der Waals surface area contributed by atoms with Crippen LogP contribution in [-0.2, 0) is 22.7 Å². The van der Waals surface area contributed by atoms with Gasteiger partial charge in [0, 0.05) is 12.1 Å². The molecule has 6 nitrogen and oxygen atoms in total. The van der Waals surface area contributed by atoms with Gasteiger partial charge < -0.3 is 10.1 Å². The van der Waals surface area contributed by atoms with Crippen molar-refractivity contribution >= 4 is 29.6 Å². The molecular formula is C23H19ClFN3O3. The largest absolute Gasteiger partial charge is 0.489 e. The van der Waals surface area contributed by atoms with Crippen molar-refractivity contribution in [2.75, 3.05) is 0 Å². The number of benzene rings is 3. The number of nitrogens with zero attached hydrogens (tertiary/aromatic N) is 1. The first-order chi connectivity index (χ1) is 15.0. The molecule has 0 fully saturated rings. The van der Waals surface area contributed by atoms with Gasteiger partial charge in [0.25, 0.3) is 0 Å². The number of hydrogen-bond donors (Lipinski definition) is 2. The number of halogens is 2. The molecule has 0 aliphatic rings. The molecule has 0 saturated carbocycles. The van der Waals surface area contributed by atoms with Crippen LogP contribution in [0.3, 0.4) is 0 Å². The Kier molecular flexibility index (Phi) is 7.73. The second-order valence-corrected chi connectivity index (χ2v) is 6.83. The Morgan fingerprint density at radius 1 is 0.968 bits per heavy atom. The highest BCUT2D eigenvalue weighted by Crippen LogP contribution is 2.21. The van der Waals surface area contributed by atoms with Gasteiger partial charge in [-0.25, -0.2) is 9.82 Å². The molecule has 3 aromatic carbocycles. The summed E-state index contributed by atoms with van der Waals surface area (Å²) in [5, 5.41) is 6.58. The van der Waals surface area contributed by atoms with Gasteiger partial charge in [0.2, 0.25) is 0 Å². The van der Waals surface area contributed by atoms with E-state index < -0.39 is 17.6 Å². The molecule has 3 rings (SSSR count). The number of nitrogens with one attached hydrogen (secondary N) is 2. The van der Waals surface area contributed by atoms with Gasteiger partial charge in [0.15, 0.2) is 0 Å². The van der Waals surface area contributed by atoms with Gasteiger partial charge >= 0.3 is 11.8 Å². The van der Waals surface area contributed by atoms with Crippen molar-refractivity contribution in [3.63, 3.8) is 0 Å². The number of carbonyl (C=O) groups is 2. The lowest BCUT2D eigenvalue weighted by atomic mass is 10.2. The quantitative estimate of drug-likeness (QED) is 0.333. The Morgan fingerprint density at radius 3 is 2.42 bits per heavy atom. The molecule has 8 heteroatoms. The fourth-order valence-electron chi connectivity index (χ4n) is 2.55. The van der Waals surface area contributed by atoms with Crippen molar-refractivity contribution in [1.82, 2.24) is 10.7 Å². The van der Waals surface area contributed by atoms with Gasteiger partial charge in [0.05, 0.1) is 11.2 Å². The van der Waals surface area contributed by atoms with Crippen molar-refractivity contribution in [1.29, 1.82) is 0 Å². The fraction of sp³-hybridized carbons (Fsp3) is 0.0870. The summed E-state index contributed by atoms with van der Waals surface area (Å²) in [6.07, 6.45) is 1.39. The van der Waals surface area contributed by atoms with Gasteiger partial charge in [-0.1, -0.05) is 48.0 Å². The Hall–Kier alpha value is -3.71. The molecule has 0 bridgehead atoms. The van der Waals surface area contributed by atoms with E-state index >= 15 is 0 Å². The summed E-state index contributed by atoms with van der Waals surface area (Å²) in [4.78, 5) is 23.6. The minimum atomic E-state index is -0.867. The van der Waals surface area contributed by atoms with Crippen molar-refractivity contribution in [3.8, 4) is 5.75 Å². The van der Waals surface area contributed by atoms with Crippen LogP contribution < -0.4 is 15.5 Å². The summed E-state index contributed by atoms with van der Waals surface area (Å²) in [5.41, 5.74) is 4.00. The molecule has 0 aromatic heterocycles. The maximum Gasteiger partial charge on any atom is 0.329 e. The minimum Gasteiger partial charge on any atom is -0.489 e. The van der Waals surface area contributed by atoms with Gasteiger partial charge in [-0.05, 0) is 47.5 Å². The number of hydrazone groups is 1. The Balaban J connectivity index is 1.45. The molecule has 3 aromatic rings. The molecule has 31 heavy (non-hydrogen) atoms. The molecule has 0 unspecified atom stereocenters. The topological polar surface area (TPSA) is 79.8 Å². The number of carbonyl (C=O) groups excluding carboxylic acids is 2. The first kappa shape index (κ1) is 22.0. The highest BCUT2D eigenvalue weighted by molar-refractivity contribution is 6.35. The van der Waals surface area contributed by atoms with E-state index in [0.29, 0.717) is 16.3 Å². The zero-order chi connectivity index (χ0) is 22.1. The Bertz CT molecular complexity index is 1050. The molecule has 0 atom stereocenters. The van der Waals surface area contributed by atoms with E-state index in [2.05, 4.69) is 15.8 Å². The van der Waals surface area contributed by atoms with Crippen LogP contribution in [0.1, 0.15) is 16.7 Å². The molecule has 2 N–H and O–H groups in total. The normalized spacial score (nSPS) is 10.6. The molecule has 0 heterocycles. The predicted molar refractivity (Wildman–Crippen MR) is 116 cm³/mol. The average Bonchev–Trinajstić information content (AvgIpc) is 2.78. The maximum absolute atomic E-state index is 13.8. The molecule has 158 valence electrons. The maximum atomic E-state index is 13.8. The third-order valence-electron chi connectivity index (χ3n) is 4.21. The van der Waals surface area contributed by atoms with Crippen LogP contribution >= 0.6 is 11.6 Å². The number of ether oxygens (including phenoxy) is 1. The lowest BCUT2D eigenvalue weighted by Crippen LogP contribution is -2.37. The summed E-state index contributed by atoms with van der Waals surface area (Å²) in [6.45, 7) is 0.240. The second-order valence-electron chi connectivity index (χ2n) is 6.43. The average molecular weight is 440 g/mol. The van der Waals surface area contributed by atoms with E-state index in [-0.39, 0.29) is 18.7 Å². The van der Waals surface area contributed by atoms with Crippen LogP contribution in [0, 0.1) is 5.82 Å². The summed E-state index contributed by atoms with van der Waals surface area (Å²) in [5.74, 6) is -1.56. The van der Waals surface area contributed by atoms with Gasteiger partial charge in [0.1, 0.15) is 18.2 Å². The van der Waals surface area contributed by atoms with Crippen LogP contribution in [-0.4, -0.2) is 18.0 Å². The number of hydrogen-bond acceptors (Lipinski definition) is 4. The van der Waals surface area contributed by atoms with Gasteiger partial charge in [-0.2, -0.15) is 5.10 Å². The molecular weight excluding hydrogens is 421 g/mol. The van der Waals surface area contributed by atoms with E-state index in [0.717, 1.165) is 5.56 Å². The number of amides is 2. The summed E-state index contributed by atoms with van der Waals surface area (Å²) in [7, 11) is 0. The van der Waals surface area contributed by atoms with Crippen LogP contribution in [0.15, 0.2) is 77.9 Å². The summed E-state index contributed by atoms with van der Waals surface area (Å²) >= 11 is 5.98. The van der Waals surface area contributed by atoms with E-state index in [1.165, 1.54) is 18.3 Å². The Morgan fingerprint density at radius 2 is 1.71 bits per heavy atom. The summed E-state index contributed by atoms with van der Waals surface area (Å²) in [6, 6.07) is 20.4. The van der Waals surface area contributed by atoms with Crippen molar-refractivity contribution in [2.45, 2.75) is 13.2 Å². The smallest absolute Gasteiger partial charge is 0.329 e. The van der Waals surface area contributed by atoms with Gasteiger partial charge in [-0.15, -0.1) is 0 Å². The van der Waals surface area contributed by atoms with Crippen LogP contribution in [0.25, 0.3) is 0 Å². The second kappa shape index (κ2) is 10.9. The minimum absolute atomic E-state index is 0.00685. The Labute approximate surface area is 183 Å². The van der Waals surface area contributed by atoms with E-state index in [4.69, 9.17) is 16.3 Å². The van der Waals surface area contributed by atoms with E-state index in [1.807, 2.05) is 30.3 Å². The first-order valence-electron chi connectivity index (χ1n) is 9.34. The highest BCUT2D eigenvalue weighted by Gasteiger charge is 2.11. The standard InChI is InChI=1S/C23H19ClFN3O3/c24-20-7-4-8-21(25)19(20)15-31-18-11-9-17(10-12-18)14-27-28-23(30)22(29)26-13-16-5-2-1-3-6-16/h1-12,14H,13,15H2,(H,26,29)(H,28,30). The van der Waals surface area contributed by atoms with E-state index in [1.54, 1.807) is 30.3 Å². The molecule has 0 aliphatic heterocycles.